The van der Waals surface area contributed by atoms with Crippen molar-refractivity contribution in [2.45, 2.75) is 50.6 Å². The average molecular weight is 376 g/mol. The summed E-state index contributed by atoms with van der Waals surface area (Å²) in [7, 11) is 0. The maximum Gasteiger partial charge on any atom is 0.102 e. The van der Waals surface area contributed by atoms with E-state index in [2.05, 4.69) is 84.6 Å². The second-order valence-electron chi connectivity index (χ2n) is 8.10. The van der Waals surface area contributed by atoms with Crippen molar-refractivity contribution in [1.82, 2.24) is 4.90 Å². The van der Waals surface area contributed by atoms with E-state index in [4.69, 9.17) is 0 Å². The van der Waals surface area contributed by atoms with E-state index in [0.717, 1.165) is 6.42 Å². The number of rotatable bonds is 6. The van der Waals surface area contributed by atoms with Gasteiger partial charge >= 0.3 is 0 Å². The van der Waals surface area contributed by atoms with Crippen LogP contribution >= 0.6 is 0 Å². The SMILES string of the molecule is C[C@H](c1cccc2ccccc12)N(CCF)C1CCCC(c2ccccc2)C1. The van der Waals surface area contributed by atoms with E-state index < -0.39 is 0 Å². The molecule has 0 aliphatic heterocycles. The highest BCUT2D eigenvalue weighted by Gasteiger charge is 2.31. The third-order valence-corrected chi connectivity index (χ3v) is 6.50. The van der Waals surface area contributed by atoms with Crippen molar-refractivity contribution in [1.29, 1.82) is 0 Å². The third-order valence-electron chi connectivity index (χ3n) is 6.50. The van der Waals surface area contributed by atoms with Crippen molar-refractivity contribution in [2.75, 3.05) is 13.2 Å². The number of fused-ring (bicyclic) bond motifs is 1. The van der Waals surface area contributed by atoms with Crippen molar-refractivity contribution in [3.8, 4) is 0 Å². The first-order valence-electron chi connectivity index (χ1n) is 10.6. The van der Waals surface area contributed by atoms with Gasteiger partial charge in [0.25, 0.3) is 0 Å². The van der Waals surface area contributed by atoms with E-state index in [0.29, 0.717) is 18.5 Å². The van der Waals surface area contributed by atoms with E-state index >= 15 is 0 Å². The predicted molar refractivity (Wildman–Crippen MR) is 116 cm³/mol. The van der Waals surface area contributed by atoms with Crippen LogP contribution in [0.5, 0.6) is 0 Å². The van der Waals surface area contributed by atoms with Gasteiger partial charge in [-0.25, -0.2) is 4.39 Å². The molecule has 1 aliphatic rings. The molecule has 146 valence electrons. The maximum atomic E-state index is 13.6. The topological polar surface area (TPSA) is 3.24 Å². The summed E-state index contributed by atoms with van der Waals surface area (Å²) in [5.41, 5.74) is 2.75. The van der Waals surface area contributed by atoms with Crippen molar-refractivity contribution in [2.24, 2.45) is 0 Å². The summed E-state index contributed by atoms with van der Waals surface area (Å²) in [5.74, 6) is 0.585. The molecule has 0 heterocycles. The first kappa shape index (κ1) is 19.1. The van der Waals surface area contributed by atoms with Crippen molar-refractivity contribution < 1.29 is 4.39 Å². The Bertz CT molecular complexity index is 886. The minimum Gasteiger partial charge on any atom is -0.291 e. The molecule has 0 amide bonds. The molecule has 2 heteroatoms. The Morgan fingerprint density at radius 2 is 1.68 bits per heavy atom. The highest BCUT2D eigenvalue weighted by molar-refractivity contribution is 5.86. The Labute approximate surface area is 168 Å². The molecule has 0 N–H and O–H groups in total. The number of halogens is 1. The minimum absolute atomic E-state index is 0.210. The van der Waals surface area contributed by atoms with Crippen LogP contribution in [0.15, 0.2) is 72.8 Å². The maximum absolute atomic E-state index is 13.6. The second-order valence-corrected chi connectivity index (χ2v) is 8.10. The molecular formula is C26H30FN. The standard InChI is InChI=1S/C26H30FN/c1-20(25-16-8-12-22-11-5-6-15-26(22)25)28(18-17-27)24-14-7-13-23(19-24)21-9-3-2-4-10-21/h2-6,8-12,15-16,20,23-24H,7,13-14,17-19H2,1H3/t20-,23?,24?/m1/s1. The van der Waals surface area contributed by atoms with E-state index in [1.165, 1.54) is 41.2 Å². The summed E-state index contributed by atoms with van der Waals surface area (Å²) in [6, 6.07) is 26.6. The number of nitrogens with zero attached hydrogens (tertiary/aromatic N) is 1. The summed E-state index contributed by atoms with van der Waals surface area (Å²) in [6.45, 7) is 2.47. The second kappa shape index (κ2) is 8.87. The van der Waals surface area contributed by atoms with Crippen LogP contribution in [0.25, 0.3) is 10.8 Å². The molecule has 1 saturated carbocycles. The Morgan fingerprint density at radius 3 is 2.50 bits per heavy atom. The van der Waals surface area contributed by atoms with Crippen LogP contribution in [0.3, 0.4) is 0 Å². The van der Waals surface area contributed by atoms with Gasteiger partial charge in [0.05, 0.1) is 0 Å². The average Bonchev–Trinajstić information content (AvgIpc) is 2.77. The Kier molecular flexibility index (Phi) is 6.07. The van der Waals surface area contributed by atoms with Gasteiger partial charge in [-0.1, -0.05) is 79.2 Å². The molecule has 1 nitrogen and oxygen atoms in total. The van der Waals surface area contributed by atoms with Gasteiger partial charge in [0, 0.05) is 18.6 Å². The summed E-state index contributed by atoms with van der Waals surface area (Å²) in [5, 5.41) is 2.55. The molecule has 0 spiro atoms. The molecule has 0 radical (unpaired) electrons. The van der Waals surface area contributed by atoms with E-state index in [-0.39, 0.29) is 12.7 Å². The molecule has 3 atom stereocenters. The van der Waals surface area contributed by atoms with E-state index in [1.807, 2.05) is 0 Å². The highest BCUT2D eigenvalue weighted by Crippen LogP contribution is 2.38. The fraction of sp³-hybridized carbons (Fsp3) is 0.385. The zero-order chi connectivity index (χ0) is 19.3. The molecule has 3 aromatic carbocycles. The van der Waals surface area contributed by atoms with Gasteiger partial charge in [-0.3, -0.25) is 4.90 Å². The molecule has 0 aromatic heterocycles. The fourth-order valence-electron chi connectivity index (χ4n) is 5.08. The highest BCUT2D eigenvalue weighted by atomic mass is 19.1. The largest absolute Gasteiger partial charge is 0.291 e. The Morgan fingerprint density at radius 1 is 0.929 bits per heavy atom. The number of benzene rings is 3. The lowest BCUT2D eigenvalue weighted by Gasteiger charge is -2.41. The van der Waals surface area contributed by atoms with Crippen LogP contribution in [0.1, 0.15) is 55.7 Å². The molecule has 0 saturated heterocycles. The number of alkyl halides is 1. The van der Waals surface area contributed by atoms with Gasteiger partial charge in [0.15, 0.2) is 0 Å². The van der Waals surface area contributed by atoms with Crippen molar-refractivity contribution in [3.63, 3.8) is 0 Å². The van der Waals surface area contributed by atoms with E-state index in [9.17, 15) is 4.39 Å². The predicted octanol–water partition coefficient (Wildman–Crippen LogP) is 6.90. The lowest BCUT2D eigenvalue weighted by molar-refractivity contribution is 0.0973. The summed E-state index contributed by atoms with van der Waals surface area (Å²) < 4.78 is 13.6. The quantitative estimate of drug-likeness (QED) is 0.453. The van der Waals surface area contributed by atoms with Gasteiger partial charge in [-0.2, -0.15) is 0 Å². The zero-order valence-corrected chi connectivity index (χ0v) is 16.7. The van der Waals surface area contributed by atoms with Crippen LogP contribution < -0.4 is 0 Å². The van der Waals surface area contributed by atoms with Crippen LogP contribution in [-0.4, -0.2) is 24.2 Å². The molecule has 1 aliphatic carbocycles. The number of hydrogen-bond acceptors (Lipinski definition) is 1. The first-order chi connectivity index (χ1) is 13.8. The summed E-state index contributed by atoms with van der Waals surface area (Å²) in [6.07, 6.45) is 4.75. The molecule has 4 rings (SSSR count). The van der Waals surface area contributed by atoms with Gasteiger partial charge in [0.1, 0.15) is 6.67 Å². The lowest BCUT2D eigenvalue weighted by atomic mass is 9.80. The van der Waals surface area contributed by atoms with Crippen molar-refractivity contribution in [3.05, 3.63) is 83.9 Å². The van der Waals surface area contributed by atoms with Crippen LogP contribution in [-0.2, 0) is 0 Å². The Hall–Kier alpha value is -2.19. The monoisotopic (exact) mass is 375 g/mol. The fourth-order valence-corrected chi connectivity index (χ4v) is 5.08. The van der Waals surface area contributed by atoms with Gasteiger partial charge < -0.3 is 0 Å². The summed E-state index contributed by atoms with van der Waals surface area (Å²) >= 11 is 0. The molecular weight excluding hydrogens is 345 g/mol. The zero-order valence-electron chi connectivity index (χ0n) is 16.7. The van der Waals surface area contributed by atoms with Gasteiger partial charge in [0.2, 0.25) is 0 Å². The number of hydrogen-bond donors (Lipinski definition) is 0. The first-order valence-corrected chi connectivity index (χ1v) is 10.6. The van der Waals surface area contributed by atoms with Gasteiger partial charge in [-0.05, 0) is 54.0 Å². The molecule has 3 aromatic rings. The molecule has 28 heavy (non-hydrogen) atoms. The lowest BCUT2D eigenvalue weighted by Crippen LogP contribution is -2.41. The van der Waals surface area contributed by atoms with Crippen molar-refractivity contribution >= 4 is 10.8 Å². The van der Waals surface area contributed by atoms with Gasteiger partial charge in [-0.15, -0.1) is 0 Å². The molecule has 0 bridgehead atoms. The van der Waals surface area contributed by atoms with Crippen LogP contribution in [0.4, 0.5) is 4.39 Å². The Balaban J connectivity index is 1.61. The van der Waals surface area contributed by atoms with Crippen LogP contribution in [0.2, 0.25) is 0 Å². The smallest absolute Gasteiger partial charge is 0.102 e. The molecule has 1 fully saturated rings. The molecule has 2 unspecified atom stereocenters. The third kappa shape index (κ3) is 3.98. The van der Waals surface area contributed by atoms with Crippen LogP contribution in [0, 0.1) is 0 Å². The van der Waals surface area contributed by atoms with E-state index in [1.54, 1.807) is 0 Å². The normalized spacial score (nSPS) is 21.1. The minimum atomic E-state index is -0.290. The summed E-state index contributed by atoms with van der Waals surface area (Å²) in [4.78, 5) is 2.43.